The smallest absolute Gasteiger partial charge is 0.218 e. The Morgan fingerprint density at radius 3 is 2.80 bits per heavy atom. The van der Waals surface area contributed by atoms with Crippen LogP contribution >= 0.6 is 0 Å². The number of nitrogens with zero attached hydrogens (tertiary/aromatic N) is 2. The molecule has 20 heavy (non-hydrogen) atoms. The lowest BCUT2D eigenvalue weighted by atomic mass is 10.1. The number of hydrogen-bond acceptors (Lipinski definition) is 4. The maximum atomic E-state index is 12.6. The highest BCUT2D eigenvalue weighted by atomic mass is 32.2. The summed E-state index contributed by atoms with van der Waals surface area (Å²) in [7, 11) is -3.41. The predicted molar refractivity (Wildman–Crippen MR) is 77.4 cm³/mol. The average molecular weight is 293 g/mol. The quantitative estimate of drug-likeness (QED) is 0.905. The Hall–Kier alpha value is -1.42. The zero-order chi connectivity index (χ0) is 14.8. The first-order chi connectivity index (χ1) is 9.44. The fourth-order valence-electron chi connectivity index (χ4n) is 2.41. The van der Waals surface area contributed by atoms with E-state index in [1.54, 1.807) is 28.6 Å². The van der Waals surface area contributed by atoms with Gasteiger partial charge in [-0.2, -0.15) is 9.57 Å². The molecule has 1 saturated heterocycles. The van der Waals surface area contributed by atoms with Gasteiger partial charge in [0.05, 0.1) is 17.4 Å². The highest BCUT2D eigenvalue weighted by Gasteiger charge is 2.32. The highest BCUT2D eigenvalue weighted by Crippen LogP contribution is 2.19. The highest BCUT2D eigenvalue weighted by molar-refractivity contribution is 7.88. The van der Waals surface area contributed by atoms with E-state index in [1.807, 2.05) is 19.9 Å². The van der Waals surface area contributed by atoms with E-state index in [9.17, 15) is 8.42 Å². The summed E-state index contributed by atoms with van der Waals surface area (Å²) in [5, 5.41) is 12.3. The largest absolute Gasteiger partial charge is 0.311 e. The molecule has 0 aliphatic carbocycles. The van der Waals surface area contributed by atoms with E-state index in [4.69, 9.17) is 5.26 Å². The van der Waals surface area contributed by atoms with Crippen molar-refractivity contribution >= 4 is 10.0 Å². The van der Waals surface area contributed by atoms with Gasteiger partial charge in [-0.3, -0.25) is 0 Å². The van der Waals surface area contributed by atoms with Crippen LogP contribution < -0.4 is 5.32 Å². The molecule has 108 valence electrons. The average Bonchev–Trinajstić information content (AvgIpc) is 2.41. The summed E-state index contributed by atoms with van der Waals surface area (Å²) in [6.07, 6.45) is 0. The van der Waals surface area contributed by atoms with Crippen LogP contribution in [-0.4, -0.2) is 37.9 Å². The summed E-state index contributed by atoms with van der Waals surface area (Å²) in [5.74, 6) is -0.117. The lowest BCUT2D eigenvalue weighted by molar-refractivity contribution is 0.244. The molecule has 0 bridgehead atoms. The number of piperazine rings is 1. The van der Waals surface area contributed by atoms with E-state index in [1.165, 1.54) is 0 Å². The Labute approximate surface area is 120 Å². The zero-order valence-electron chi connectivity index (χ0n) is 11.7. The number of rotatable bonds is 3. The molecule has 2 atom stereocenters. The maximum Gasteiger partial charge on any atom is 0.218 e. The first-order valence-electron chi connectivity index (χ1n) is 6.65. The summed E-state index contributed by atoms with van der Waals surface area (Å²) in [6, 6.07) is 8.97. The second-order valence-corrected chi connectivity index (χ2v) is 7.17. The van der Waals surface area contributed by atoms with Crippen molar-refractivity contribution in [2.45, 2.75) is 31.7 Å². The van der Waals surface area contributed by atoms with Gasteiger partial charge in [-0.15, -0.1) is 0 Å². The molecule has 0 aromatic heterocycles. The Bertz CT molecular complexity index is 622. The standard InChI is InChI=1S/C14H19N3O2S/c1-11-9-17(12(2)8-16-11)20(18,19)10-14-6-4-3-5-13(14)7-15/h3-6,11-12,16H,8-10H2,1-2H3. The topological polar surface area (TPSA) is 73.2 Å². The fourth-order valence-corrected chi connectivity index (χ4v) is 4.29. The summed E-state index contributed by atoms with van der Waals surface area (Å²) in [6.45, 7) is 4.99. The second kappa shape index (κ2) is 5.92. The zero-order valence-corrected chi connectivity index (χ0v) is 12.5. The molecule has 0 spiro atoms. The summed E-state index contributed by atoms with van der Waals surface area (Å²) in [4.78, 5) is 0. The van der Waals surface area contributed by atoms with Gasteiger partial charge in [-0.1, -0.05) is 18.2 Å². The van der Waals surface area contributed by atoms with Crippen molar-refractivity contribution in [1.82, 2.24) is 9.62 Å². The van der Waals surface area contributed by atoms with Crippen LogP contribution in [0.5, 0.6) is 0 Å². The van der Waals surface area contributed by atoms with E-state index >= 15 is 0 Å². The molecular formula is C14H19N3O2S. The SMILES string of the molecule is CC1CN(S(=O)(=O)Cc2ccccc2C#N)C(C)CN1. The molecule has 0 amide bonds. The molecule has 2 unspecified atom stereocenters. The van der Waals surface area contributed by atoms with Gasteiger partial charge in [0, 0.05) is 25.2 Å². The summed E-state index contributed by atoms with van der Waals surface area (Å²) in [5.41, 5.74) is 0.986. The molecule has 1 aliphatic rings. The third-order valence-electron chi connectivity index (χ3n) is 3.54. The van der Waals surface area contributed by atoms with Crippen LogP contribution in [0.15, 0.2) is 24.3 Å². The van der Waals surface area contributed by atoms with Gasteiger partial charge in [0.25, 0.3) is 0 Å². The normalized spacial score (nSPS) is 24.2. The second-order valence-electron chi connectivity index (χ2n) is 5.25. The molecule has 5 nitrogen and oxygen atoms in total. The summed E-state index contributed by atoms with van der Waals surface area (Å²) < 4.78 is 26.7. The molecule has 1 fully saturated rings. The number of sulfonamides is 1. The minimum Gasteiger partial charge on any atom is -0.311 e. The number of nitrogens with one attached hydrogen (secondary N) is 1. The third kappa shape index (κ3) is 3.18. The lowest BCUT2D eigenvalue weighted by Gasteiger charge is -2.36. The monoisotopic (exact) mass is 293 g/mol. The van der Waals surface area contributed by atoms with Gasteiger partial charge in [0.1, 0.15) is 0 Å². The Morgan fingerprint density at radius 1 is 1.40 bits per heavy atom. The van der Waals surface area contributed by atoms with Crippen LogP contribution in [0.1, 0.15) is 25.0 Å². The van der Waals surface area contributed by atoms with Crippen molar-refractivity contribution in [3.05, 3.63) is 35.4 Å². The van der Waals surface area contributed by atoms with Crippen molar-refractivity contribution in [2.75, 3.05) is 13.1 Å². The van der Waals surface area contributed by atoms with Gasteiger partial charge in [-0.25, -0.2) is 8.42 Å². The van der Waals surface area contributed by atoms with Gasteiger partial charge >= 0.3 is 0 Å². The van der Waals surface area contributed by atoms with Gasteiger partial charge in [0.2, 0.25) is 10.0 Å². The fraction of sp³-hybridized carbons (Fsp3) is 0.500. The first kappa shape index (κ1) is 15.0. The number of benzene rings is 1. The van der Waals surface area contributed by atoms with Crippen molar-refractivity contribution in [2.24, 2.45) is 0 Å². The van der Waals surface area contributed by atoms with E-state index < -0.39 is 10.0 Å². The molecule has 6 heteroatoms. The maximum absolute atomic E-state index is 12.6. The number of nitriles is 1. The van der Waals surface area contributed by atoms with Crippen LogP contribution in [0.2, 0.25) is 0 Å². The molecule has 0 radical (unpaired) electrons. The molecule has 1 N–H and O–H groups in total. The molecule has 2 rings (SSSR count). The Morgan fingerprint density at radius 2 is 2.10 bits per heavy atom. The third-order valence-corrected chi connectivity index (χ3v) is 5.44. The molecule has 1 heterocycles. The van der Waals surface area contributed by atoms with Crippen LogP contribution in [0, 0.1) is 11.3 Å². The van der Waals surface area contributed by atoms with E-state index in [-0.39, 0.29) is 17.8 Å². The van der Waals surface area contributed by atoms with E-state index in [0.29, 0.717) is 24.2 Å². The minimum atomic E-state index is -3.41. The van der Waals surface area contributed by atoms with E-state index in [2.05, 4.69) is 5.32 Å². The number of hydrogen-bond donors (Lipinski definition) is 1. The predicted octanol–water partition coefficient (Wildman–Crippen LogP) is 1.07. The van der Waals surface area contributed by atoms with Crippen molar-refractivity contribution in [1.29, 1.82) is 5.26 Å². The van der Waals surface area contributed by atoms with Crippen LogP contribution in [0.25, 0.3) is 0 Å². The molecule has 1 aromatic carbocycles. The van der Waals surface area contributed by atoms with Crippen LogP contribution in [-0.2, 0) is 15.8 Å². The molecule has 0 saturated carbocycles. The van der Waals surface area contributed by atoms with Crippen molar-refractivity contribution < 1.29 is 8.42 Å². The Kier molecular flexibility index (Phi) is 4.43. The van der Waals surface area contributed by atoms with Gasteiger partial charge in [-0.05, 0) is 25.5 Å². The minimum absolute atomic E-state index is 0.0644. The molecule has 1 aliphatic heterocycles. The van der Waals surface area contributed by atoms with Gasteiger partial charge in [0.15, 0.2) is 0 Å². The van der Waals surface area contributed by atoms with Gasteiger partial charge < -0.3 is 5.32 Å². The van der Waals surface area contributed by atoms with Crippen LogP contribution in [0.4, 0.5) is 0 Å². The van der Waals surface area contributed by atoms with Crippen LogP contribution in [0.3, 0.4) is 0 Å². The van der Waals surface area contributed by atoms with Crippen molar-refractivity contribution in [3.8, 4) is 6.07 Å². The van der Waals surface area contributed by atoms with E-state index in [0.717, 1.165) is 0 Å². The Balaban J connectivity index is 2.25. The summed E-state index contributed by atoms with van der Waals surface area (Å²) >= 11 is 0. The molecular weight excluding hydrogens is 274 g/mol. The lowest BCUT2D eigenvalue weighted by Crippen LogP contribution is -2.56. The van der Waals surface area contributed by atoms with Crippen molar-refractivity contribution in [3.63, 3.8) is 0 Å². The first-order valence-corrected chi connectivity index (χ1v) is 8.26. The molecule has 1 aromatic rings.